The maximum Gasteiger partial charge on any atom is 0.265 e. The number of aryl methyl sites for hydroxylation is 2. The van der Waals surface area contributed by atoms with Crippen molar-refractivity contribution in [2.24, 2.45) is 0 Å². The van der Waals surface area contributed by atoms with Gasteiger partial charge < -0.3 is 15.2 Å². The number of carbonyl (C=O) groups is 2. The first-order valence-corrected chi connectivity index (χ1v) is 10.6. The van der Waals surface area contributed by atoms with Gasteiger partial charge >= 0.3 is 0 Å². The molecule has 1 amide bonds. The third kappa shape index (κ3) is 6.44. The smallest absolute Gasteiger partial charge is 0.265 e. The highest BCUT2D eigenvalue weighted by Gasteiger charge is 2.17. The molecule has 0 fully saturated rings. The van der Waals surface area contributed by atoms with E-state index >= 15 is 0 Å². The Bertz CT molecular complexity index is 1210. The van der Waals surface area contributed by atoms with E-state index in [0.29, 0.717) is 22.6 Å². The molecule has 0 spiro atoms. The summed E-state index contributed by atoms with van der Waals surface area (Å²) in [5.41, 5.74) is 4.30. The van der Waals surface area contributed by atoms with Gasteiger partial charge in [0.05, 0.1) is 11.6 Å². The molecule has 0 aromatic heterocycles. The van der Waals surface area contributed by atoms with Crippen molar-refractivity contribution in [3.05, 3.63) is 88.5 Å². The first-order valence-electron chi connectivity index (χ1n) is 10.6. The summed E-state index contributed by atoms with van der Waals surface area (Å²) in [7, 11) is 0. The standard InChI is InChI=1S/C27H26N2O4/c1-17-4-11-26(18(2)12-17)33-19(3)27(32)29-23-10-9-22(25(31)15-23)14-24(30)13-20-5-7-21(16-28)8-6-20/h4-12,15,19,31H,13-14H2,1-3H3,(H,29,32). The number of benzene rings is 3. The van der Waals surface area contributed by atoms with Gasteiger partial charge in [-0.05, 0) is 56.2 Å². The number of amides is 1. The van der Waals surface area contributed by atoms with Crippen LogP contribution in [0.25, 0.3) is 0 Å². The lowest BCUT2D eigenvalue weighted by Gasteiger charge is -2.17. The SMILES string of the molecule is Cc1ccc(OC(C)C(=O)Nc2ccc(CC(=O)Cc3ccc(C#N)cc3)c(O)c2)c(C)c1. The third-order valence-electron chi connectivity index (χ3n) is 5.23. The van der Waals surface area contributed by atoms with Crippen LogP contribution in [0.2, 0.25) is 0 Å². The molecule has 0 aliphatic carbocycles. The van der Waals surface area contributed by atoms with E-state index in [2.05, 4.69) is 5.32 Å². The summed E-state index contributed by atoms with van der Waals surface area (Å²) in [4.78, 5) is 24.9. The molecule has 0 radical (unpaired) electrons. The summed E-state index contributed by atoms with van der Waals surface area (Å²) >= 11 is 0. The van der Waals surface area contributed by atoms with Gasteiger partial charge in [-0.15, -0.1) is 0 Å². The Kier molecular flexibility index (Phi) is 7.47. The second kappa shape index (κ2) is 10.5. The van der Waals surface area contributed by atoms with E-state index < -0.39 is 6.10 Å². The normalized spacial score (nSPS) is 11.3. The molecule has 3 aromatic rings. The Labute approximate surface area is 193 Å². The Balaban J connectivity index is 1.58. The maximum atomic E-state index is 12.5. The number of nitriles is 1. The molecule has 1 unspecified atom stereocenters. The largest absolute Gasteiger partial charge is 0.508 e. The number of nitrogens with one attached hydrogen (secondary N) is 1. The molecule has 168 valence electrons. The molecule has 6 nitrogen and oxygen atoms in total. The lowest BCUT2D eigenvalue weighted by atomic mass is 10.0. The minimum atomic E-state index is -0.734. The van der Waals surface area contributed by atoms with Crippen LogP contribution in [0.1, 0.15) is 34.7 Å². The van der Waals surface area contributed by atoms with Crippen LogP contribution in [-0.4, -0.2) is 22.9 Å². The molecular formula is C27H26N2O4. The fraction of sp³-hybridized carbons (Fsp3) is 0.222. The molecule has 33 heavy (non-hydrogen) atoms. The van der Waals surface area contributed by atoms with Crippen LogP contribution >= 0.6 is 0 Å². The molecule has 0 aliphatic heterocycles. The summed E-state index contributed by atoms with van der Waals surface area (Å²) in [6, 6.07) is 19.3. The van der Waals surface area contributed by atoms with Crippen molar-refractivity contribution in [3.8, 4) is 17.6 Å². The van der Waals surface area contributed by atoms with Crippen molar-refractivity contribution >= 4 is 17.4 Å². The van der Waals surface area contributed by atoms with E-state index in [0.717, 1.165) is 16.7 Å². The van der Waals surface area contributed by atoms with Crippen LogP contribution in [0.5, 0.6) is 11.5 Å². The molecule has 0 saturated heterocycles. The van der Waals surface area contributed by atoms with Gasteiger partial charge in [-0.3, -0.25) is 9.59 Å². The summed E-state index contributed by atoms with van der Waals surface area (Å²) in [5.74, 6) is 0.160. The zero-order valence-electron chi connectivity index (χ0n) is 18.9. The zero-order valence-corrected chi connectivity index (χ0v) is 18.9. The van der Waals surface area contributed by atoms with E-state index in [9.17, 15) is 14.7 Å². The van der Waals surface area contributed by atoms with Crippen molar-refractivity contribution in [2.45, 2.75) is 39.7 Å². The Morgan fingerprint density at radius 2 is 1.76 bits per heavy atom. The number of aromatic hydroxyl groups is 1. The highest BCUT2D eigenvalue weighted by atomic mass is 16.5. The Hall–Kier alpha value is -4.11. The van der Waals surface area contributed by atoms with E-state index in [-0.39, 0.29) is 30.3 Å². The average molecular weight is 443 g/mol. The number of anilines is 1. The Morgan fingerprint density at radius 1 is 1.03 bits per heavy atom. The molecule has 0 bridgehead atoms. The quantitative estimate of drug-likeness (QED) is 0.529. The number of carbonyl (C=O) groups excluding carboxylic acids is 2. The number of hydrogen-bond acceptors (Lipinski definition) is 5. The van der Waals surface area contributed by atoms with Crippen molar-refractivity contribution < 1.29 is 19.4 Å². The first kappa shape index (κ1) is 23.6. The van der Waals surface area contributed by atoms with Gasteiger partial charge in [0.1, 0.15) is 17.3 Å². The van der Waals surface area contributed by atoms with Gasteiger partial charge in [-0.25, -0.2) is 0 Å². The van der Waals surface area contributed by atoms with Crippen LogP contribution in [0.4, 0.5) is 5.69 Å². The fourth-order valence-electron chi connectivity index (χ4n) is 3.41. The van der Waals surface area contributed by atoms with Crippen molar-refractivity contribution in [1.29, 1.82) is 5.26 Å². The van der Waals surface area contributed by atoms with E-state index in [1.807, 2.05) is 38.1 Å². The number of ether oxygens (including phenoxy) is 1. The van der Waals surface area contributed by atoms with Crippen LogP contribution in [0, 0.1) is 25.2 Å². The minimum Gasteiger partial charge on any atom is -0.508 e. The molecule has 0 heterocycles. The number of Topliss-reactive ketones (excluding diaryl/α,β-unsaturated/α-hetero) is 1. The highest BCUT2D eigenvalue weighted by Crippen LogP contribution is 2.24. The van der Waals surface area contributed by atoms with Gasteiger partial charge in [0, 0.05) is 30.2 Å². The average Bonchev–Trinajstić information content (AvgIpc) is 2.78. The number of ketones is 1. The maximum absolute atomic E-state index is 12.5. The second-order valence-corrected chi connectivity index (χ2v) is 8.06. The predicted molar refractivity (Wildman–Crippen MR) is 126 cm³/mol. The van der Waals surface area contributed by atoms with Crippen molar-refractivity contribution in [1.82, 2.24) is 0 Å². The minimum absolute atomic E-state index is 0.0618. The monoisotopic (exact) mass is 442 g/mol. The topological polar surface area (TPSA) is 99.4 Å². The number of rotatable bonds is 8. The third-order valence-corrected chi connectivity index (χ3v) is 5.23. The van der Waals surface area contributed by atoms with Gasteiger partial charge in [-0.2, -0.15) is 5.26 Å². The molecule has 1 atom stereocenters. The molecule has 2 N–H and O–H groups in total. The lowest BCUT2D eigenvalue weighted by Crippen LogP contribution is -2.30. The first-order chi connectivity index (χ1) is 15.7. The van der Waals surface area contributed by atoms with Crippen LogP contribution in [0.15, 0.2) is 60.7 Å². The van der Waals surface area contributed by atoms with E-state index in [4.69, 9.17) is 10.00 Å². The van der Waals surface area contributed by atoms with Crippen molar-refractivity contribution in [3.63, 3.8) is 0 Å². The van der Waals surface area contributed by atoms with Gasteiger partial charge in [0.25, 0.3) is 5.91 Å². The Morgan fingerprint density at radius 3 is 2.39 bits per heavy atom. The number of nitrogens with zero attached hydrogens (tertiary/aromatic N) is 1. The number of phenolic OH excluding ortho intramolecular Hbond substituents is 1. The molecule has 0 saturated carbocycles. The molecule has 6 heteroatoms. The second-order valence-electron chi connectivity index (χ2n) is 8.06. The van der Waals surface area contributed by atoms with Gasteiger partial charge in [0.15, 0.2) is 6.10 Å². The lowest BCUT2D eigenvalue weighted by molar-refractivity contribution is -0.122. The van der Waals surface area contributed by atoms with E-state index in [1.54, 1.807) is 43.3 Å². The zero-order chi connectivity index (χ0) is 24.0. The fourth-order valence-corrected chi connectivity index (χ4v) is 3.41. The van der Waals surface area contributed by atoms with Crippen LogP contribution in [-0.2, 0) is 22.4 Å². The molecular weight excluding hydrogens is 416 g/mol. The molecule has 3 aromatic carbocycles. The number of phenols is 1. The number of hydrogen-bond donors (Lipinski definition) is 2. The van der Waals surface area contributed by atoms with Gasteiger partial charge in [0.2, 0.25) is 0 Å². The predicted octanol–water partition coefficient (Wildman–Crippen LogP) is 4.64. The summed E-state index contributed by atoms with van der Waals surface area (Å²) < 4.78 is 5.77. The molecule has 3 rings (SSSR count). The van der Waals surface area contributed by atoms with Gasteiger partial charge in [-0.1, -0.05) is 35.9 Å². The van der Waals surface area contributed by atoms with Crippen LogP contribution in [0.3, 0.4) is 0 Å². The van der Waals surface area contributed by atoms with Crippen LogP contribution < -0.4 is 10.1 Å². The summed E-state index contributed by atoms with van der Waals surface area (Å²) in [6.45, 7) is 5.57. The molecule has 0 aliphatic rings. The highest BCUT2D eigenvalue weighted by molar-refractivity contribution is 5.94. The summed E-state index contributed by atoms with van der Waals surface area (Å²) in [6.07, 6.45) is -0.467. The van der Waals surface area contributed by atoms with E-state index in [1.165, 1.54) is 6.07 Å². The van der Waals surface area contributed by atoms with Crippen molar-refractivity contribution in [2.75, 3.05) is 5.32 Å². The summed E-state index contributed by atoms with van der Waals surface area (Å²) in [5, 5.41) is 21.9.